The molecule has 0 bridgehead atoms. The fourth-order valence-electron chi connectivity index (χ4n) is 5.54. The number of allylic oxidation sites excluding steroid dienone is 2. The van der Waals surface area contributed by atoms with Crippen molar-refractivity contribution in [3.8, 4) is 0 Å². The number of unbranched alkanes of at least 4 members (excludes halogenated alkanes) is 3. The van der Waals surface area contributed by atoms with Gasteiger partial charge in [0.1, 0.15) is 36.3 Å². The number of aliphatic hydroxyl groups excluding tert-OH is 3. The molecule has 1 fully saturated rings. The highest BCUT2D eigenvalue weighted by Crippen LogP contribution is 2.61. The lowest BCUT2D eigenvalue weighted by Crippen LogP contribution is -2.46. The van der Waals surface area contributed by atoms with Crippen LogP contribution in [0, 0.1) is 5.41 Å². The van der Waals surface area contributed by atoms with Gasteiger partial charge in [0.25, 0.3) is 0 Å². The Morgan fingerprint density at radius 1 is 1.03 bits per heavy atom. The summed E-state index contributed by atoms with van der Waals surface area (Å²) >= 11 is 1.49. The summed E-state index contributed by atoms with van der Waals surface area (Å²) in [7, 11) is -16.4. The predicted octanol–water partition coefficient (Wildman–Crippen LogP) is 1.42. The number of thioether (sulfide) groups is 1. The van der Waals surface area contributed by atoms with E-state index < -0.39 is 84.8 Å². The van der Waals surface area contributed by atoms with Crippen molar-refractivity contribution in [1.82, 2.24) is 30.2 Å². The second-order valence-corrected chi connectivity index (χ2v) is 19.7. The molecule has 2 aromatic heterocycles. The lowest BCUT2D eigenvalue weighted by molar-refractivity contribution is -0.137. The maximum atomic E-state index is 12.7. The molecule has 3 rings (SSSR count). The van der Waals surface area contributed by atoms with E-state index in [4.69, 9.17) is 19.5 Å². The van der Waals surface area contributed by atoms with Gasteiger partial charge in [-0.25, -0.2) is 28.6 Å². The standard InChI is InChI=1S/C32H56N7O17P3S/c1-4-5-6-7-8-9-10-11-21(40)17-60-15-14-34-23(41)12-13-35-30(44)27(43)32(2,3)18-53-59(50,51)56-58(48,49)52-16-22-26(55-57(45,46)47)25(42)31(54-22)39-20-38-24-28(33)36-19-37-29(24)39/h8-9,19-22,25-27,31,40,42-43H,4-7,10-18H2,1-3H3,(H,34,41)(H,35,44)(H,48,49)(H,50,51)(H2,33,36,37)(H2,45,46,47)/b9-8+/t21-,22-,25-,26-,27+,31-/m1/s1. The van der Waals surface area contributed by atoms with E-state index in [9.17, 15) is 58.2 Å². The lowest BCUT2D eigenvalue weighted by atomic mass is 9.87. The van der Waals surface area contributed by atoms with Crippen molar-refractivity contribution in [3.05, 3.63) is 24.8 Å². The molecule has 2 aromatic rings. The van der Waals surface area contributed by atoms with Crippen molar-refractivity contribution >= 4 is 64.0 Å². The number of aromatic nitrogens is 4. The number of rotatable bonds is 28. The van der Waals surface area contributed by atoms with Gasteiger partial charge >= 0.3 is 23.5 Å². The van der Waals surface area contributed by atoms with Gasteiger partial charge < -0.3 is 56.0 Å². The van der Waals surface area contributed by atoms with Gasteiger partial charge in [-0.15, -0.1) is 0 Å². The predicted molar refractivity (Wildman–Crippen MR) is 215 cm³/mol. The fourth-order valence-corrected chi connectivity index (χ4v) is 9.22. The van der Waals surface area contributed by atoms with E-state index >= 15 is 0 Å². The van der Waals surface area contributed by atoms with Crippen molar-refractivity contribution in [3.63, 3.8) is 0 Å². The first-order chi connectivity index (χ1) is 28.1. The number of aliphatic hydroxyl groups is 3. The first kappa shape index (κ1) is 51.9. The number of hydrogen-bond donors (Lipinski definition) is 10. The second kappa shape index (κ2) is 23.9. The van der Waals surface area contributed by atoms with Gasteiger partial charge in [-0.1, -0.05) is 45.8 Å². The summed E-state index contributed by atoms with van der Waals surface area (Å²) in [5.74, 6) is -0.269. The van der Waals surface area contributed by atoms with Gasteiger partial charge in [0.05, 0.1) is 25.6 Å². The molecule has 24 nitrogen and oxygen atoms in total. The summed E-state index contributed by atoms with van der Waals surface area (Å²) < 4.78 is 62.3. The Labute approximate surface area is 350 Å². The summed E-state index contributed by atoms with van der Waals surface area (Å²) in [4.78, 5) is 75.9. The highest BCUT2D eigenvalue weighted by molar-refractivity contribution is 7.99. The molecule has 0 saturated carbocycles. The summed E-state index contributed by atoms with van der Waals surface area (Å²) in [5.41, 5.74) is 4.29. The molecule has 1 aliphatic rings. The zero-order chi connectivity index (χ0) is 44.7. The molecule has 1 aliphatic heterocycles. The van der Waals surface area contributed by atoms with Crippen LogP contribution in [0.4, 0.5) is 5.82 Å². The first-order valence-electron chi connectivity index (χ1n) is 18.9. The van der Waals surface area contributed by atoms with E-state index in [1.54, 1.807) is 0 Å². The number of nitrogens with one attached hydrogen (secondary N) is 2. The van der Waals surface area contributed by atoms with E-state index in [-0.39, 0.29) is 35.9 Å². The number of carbonyl (C=O) groups is 2. The van der Waals surface area contributed by atoms with Crippen LogP contribution in [0.15, 0.2) is 24.8 Å². The van der Waals surface area contributed by atoms with Gasteiger partial charge in [0, 0.05) is 36.4 Å². The second-order valence-electron chi connectivity index (χ2n) is 14.3. The third kappa shape index (κ3) is 17.4. The maximum Gasteiger partial charge on any atom is 0.481 e. The quantitative estimate of drug-likeness (QED) is 0.0327. The van der Waals surface area contributed by atoms with Crippen molar-refractivity contribution < 1.29 is 80.8 Å². The molecule has 2 unspecified atom stereocenters. The number of hydrogen-bond acceptors (Lipinski definition) is 18. The van der Waals surface area contributed by atoms with Crippen LogP contribution in [0.5, 0.6) is 0 Å². The van der Waals surface area contributed by atoms with Gasteiger partial charge in [0.2, 0.25) is 11.8 Å². The molecule has 2 amide bonds. The van der Waals surface area contributed by atoms with E-state index in [2.05, 4.69) is 53.5 Å². The van der Waals surface area contributed by atoms with Crippen molar-refractivity contribution in [1.29, 1.82) is 0 Å². The maximum absolute atomic E-state index is 12.7. The number of nitrogens with two attached hydrogens (primary N) is 1. The Kier molecular flexibility index (Phi) is 20.7. The number of nitrogen functional groups attached to an aromatic ring is 1. The third-order valence-corrected chi connectivity index (χ3v) is 13.0. The minimum absolute atomic E-state index is 0.0345. The van der Waals surface area contributed by atoms with Crippen molar-refractivity contribution in [2.45, 2.75) is 102 Å². The molecule has 3 heterocycles. The van der Waals surface area contributed by atoms with Crippen LogP contribution in [0.3, 0.4) is 0 Å². The Bertz CT molecular complexity index is 1870. The molecule has 1 saturated heterocycles. The number of carbonyl (C=O) groups excluding carboxylic acids is 2. The zero-order valence-corrected chi connectivity index (χ0v) is 36.8. The SMILES string of the molecule is CCCCC/C=C/CC[C@@H](O)CSCCNC(=O)CCNC(=O)[C@H](O)C(C)(C)COP(=O)(O)OP(=O)(O)OC[C@H]1O[C@@H](n2cnc3c(N)ncnc32)[C@H](O)[C@@H]1OP(=O)(O)O. The Morgan fingerprint density at radius 3 is 2.43 bits per heavy atom. The number of amides is 2. The Balaban J connectivity index is 1.40. The van der Waals surface area contributed by atoms with Gasteiger partial charge in [-0.05, 0) is 25.7 Å². The molecule has 28 heteroatoms. The molecule has 0 aliphatic carbocycles. The van der Waals surface area contributed by atoms with Gasteiger partial charge in [-0.2, -0.15) is 16.1 Å². The minimum atomic E-state index is -5.57. The Morgan fingerprint density at radius 2 is 1.73 bits per heavy atom. The summed E-state index contributed by atoms with van der Waals surface area (Å²) in [6.45, 7) is 2.87. The largest absolute Gasteiger partial charge is 0.481 e. The number of ether oxygens (including phenoxy) is 1. The fraction of sp³-hybridized carbons (Fsp3) is 0.719. The molecule has 11 N–H and O–H groups in total. The number of nitrogens with zero attached hydrogens (tertiary/aromatic N) is 4. The van der Waals surface area contributed by atoms with Crippen LogP contribution >= 0.6 is 35.2 Å². The number of phosphoric ester groups is 3. The number of fused-ring (bicyclic) bond motifs is 1. The molecule has 60 heavy (non-hydrogen) atoms. The van der Waals surface area contributed by atoms with Crippen molar-refractivity contribution in [2.24, 2.45) is 5.41 Å². The molecular formula is C32H56N7O17P3S. The average Bonchev–Trinajstić information content (AvgIpc) is 3.72. The molecule has 8 atom stereocenters. The highest BCUT2D eigenvalue weighted by Gasteiger charge is 2.50. The van der Waals surface area contributed by atoms with E-state index in [1.165, 1.54) is 38.5 Å². The summed E-state index contributed by atoms with van der Waals surface area (Å²) in [6, 6.07) is 0. The van der Waals surface area contributed by atoms with Crippen LogP contribution in [0.2, 0.25) is 0 Å². The van der Waals surface area contributed by atoms with Crippen LogP contribution in [0.25, 0.3) is 11.2 Å². The number of phosphoric acid groups is 3. The van der Waals surface area contributed by atoms with Crippen LogP contribution < -0.4 is 16.4 Å². The number of anilines is 1. The topological polar surface area (TPSA) is 367 Å². The third-order valence-electron chi connectivity index (χ3n) is 8.76. The smallest absolute Gasteiger partial charge is 0.392 e. The monoisotopic (exact) mass is 935 g/mol. The minimum Gasteiger partial charge on any atom is -0.392 e. The lowest BCUT2D eigenvalue weighted by Gasteiger charge is -2.30. The first-order valence-corrected chi connectivity index (χ1v) is 24.5. The zero-order valence-electron chi connectivity index (χ0n) is 33.3. The van der Waals surface area contributed by atoms with E-state index in [0.29, 0.717) is 24.5 Å². The molecule has 0 aromatic carbocycles. The van der Waals surface area contributed by atoms with Crippen LogP contribution in [-0.4, -0.2) is 135 Å². The van der Waals surface area contributed by atoms with Crippen molar-refractivity contribution in [2.75, 3.05) is 43.5 Å². The molecule has 342 valence electrons. The normalized spacial score (nSPS) is 21.8. The molecular weight excluding hydrogens is 879 g/mol. The summed E-state index contributed by atoms with van der Waals surface area (Å²) in [6.07, 6.45) is 2.99. The number of imidazole rings is 1. The molecule has 0 spiro atoms. The Hall–Kier alpha value is -2.41. The highest BCUT2D eigenvalue weighted by atomic mass is 32.2. The van der Waals surface area contributed by atoms with E-state index in [1.807, 2.05) is 0 Å². The van der Waals surface area contributed by atoms with E-state index in [0.717, 1.165) is 36.5 Å². The summed E-state index contributed by atoms with van der Waals surface area (Å²) in [5, 5.41) is 36.7. The average molecular weight is 936 g/mol. The molecule has 0 radical (unpaired) electrons. The van der Waals surface area contributed by atoms with Gasteiger partial charge in [-0.3, -0.25) is 27.7 Å². The van der Waals surface area contributed by atoms with Gasteiger partial charge in [0.15, 0.2) is 17.7 Å². The van der Waals surface area contributed by atoms with Crippen LogP contribution in [0.1, 0.15) is 71.9 Å². The van der Waals surface area contributed by atoms with Crippen LogP contribution in [-0.2, 0) is 45.9 Å².